The zero-order valence-electron chi connectivity index (χ0n) is 14.6. The second-order valence-corrected chi connectivity index (χ2v) is 6.20. The van der Waals surface area contributed by atoms with E-state index in [1.165, 1.54) is 5.56 Å². The molecule has 2 N–H and O–H groups in total. The van der Waals surface area contributed by atoms with E-state index in [0.717, 1.165) is 35.2 Å². The molecule has 0 bridgehead atoms. The fraction of sp³-hybridized carbons (Fsp3) is 0.143. The number of hydrogen-bond acceptors (Lipinski definition) is 3. The lowest BCUT2D eigenvalue weighted by molar-refractivity contribution is 0.102. The van der Waals surface area contributed by atoms with Crippen molar-refractivity contribution in [3.8, 4) is 0 Å². The van der Waals surface area contributed by atoms with Gasteiger partial charge in [-0.1, -0.05) is 19.1 Å². The molecule has 5 nitrogen and oxygen atoms in total. The lowest BCUT2D eigenvalue weighted by Crippen LogP contribution is -2.19. The molecule has 0 saturated carbocycles. The molecule has 3 aromatic rings. The van der Waals surface area contributed by atoms with Gasteiger partial charge in [-0.3, -0.25) is 9.78 Å². The highest BCUT2D eigenvalue weighted by Gasteiger charge is 2.12. The predicted molar refractivity (Wildman–Crippen MR) is 105 cm³/mol. The highest BCUT2D eigenvalue weighted by Crippen LogP contribution is 2.23. The highest BCUT2D eigenvalue weighted by atomic mass is 16.1. The maximum Gasteiger partial charge on any atom is 0.274 e. The Labute approximate surface area is 152 Å². The summed E-state index contributed by atoms with van der Waals surface area (Å²) in [4.78, 5) is 22.2. The summed E-state index contributed by atoms with van der Waals surface area (Å²) in [5.74, 6) is -0.212. The van der Waals surface area contributed by atoms with Crippen LogP contribution < -0.4 is 10.2 Å². The van der Waals surface area contributed by atoms with Crippen LogP contribution in [-0.4, -0.2) is 22.4 Å². The number of amides is 1. The fourth-order valence-corrected chi connectivity index (χ4v) is 3.12. The van der Waals surface area contributed by atoms with Gasteiger partial charge < -0.3 is 15.2 Å². The van der Waals surface area contributed by atoms with Gasteiger partial charge in [0.25, 0.3) is 5.91 Å². The second-order valence-electron chi connectivity index (χ2n) is 6.20. The Morgan fingerprint density at radius 1 is 1.27 bits per heavy atom. The average Bonchev–Trinajstić information content (AvgIpc) is 3.11. The second kappa shape index (κ2) is 6.88. The first-order chi connectivity index (χ1) is 12.7. The van der Waals surface area contributed by atoms with Crippen molar-refractivity contribution in [3.05, 3.63) is 78.4 Å². The number of anilines is 2. The molecular weight excluding hydrogens is 324 g/mol. The number of aromatic nitrogens is 2. The van der Waals surface area contributed by atoms with Gasteiger partial charge in [-0.2, -0.15) is 0 Å². The molecule has 0 saturated heterocycles. The normalized spacial score (nSPS) is 13.3. The quantitative estimate of drug-likeness (QED) is 0.743. The molecule has 1 amide bonds. The summed E-state index contributed by atoms with van der Waals surface area (Å²) in [7, 11) is 0. The molecule has 1 aliphatic rings. The molecule has 5 heteroatoms. The smallest absolute Gasteiger partial charge is 0.274 e. The number of nitrogens with zero attached hydrogens (tertiary/aromatic N) is 2. The van der Waals surface area contributed by atoms with Gasteiger partial charge in [0, 0.05) is 47.4 Å². The van der Waals surface area contributed by atoms with Crippen molar-refractivity contribution in [1.82, 2.24) is 9.97 Å². The van der Waals surface area contributed by atoms with E-state index < -0.39 is 0 Å². The van der Waals surface area contributed by atoms with Crippen LogP contribution >= 0.6 is 0 Å². The average molecular weight is 344 g/mol. The number of carbonyl (C=O) groups excluding carboxylic acids is 1. The molecule has 0 spiro atoms. The van der Waals surface area contributed by atoms with E-state index in [2.05, 4.69) is 33.2 Å². The molecule has 1 aliphatic heterocycles. The van der Waals surface area contributed by atoms with E-state index in [1.807, 2.05) is 54.9 Å². The number of aromatic amines is 1. The zero-order valence-corrected chi connectivity index (χ0v) is 14.6. The van der Waals surface area contributed by atoms with E-state index in [0.29, 0.717) is 5.69 Å². The van der Waals surface area contributed by atoms with Crippen molar-refractivity contribution >= 4 is 28.2 Å². The number of hydrogen-bond donors (Lipinski definition) is 2. The lowest BCUT2D eigenvalue weighted by Gasteiger charge is -2.20. The van der Waals surface area contributed by atoms with Gasteiger partial charge in [0.05, 0.1) is 0 Å². The molecule has 2 aromatic heterocycles. The number of fused-ring (bicyclic) bond motifs is 1. The van der Waals surface area contributed by atoms with Crippen molar-refractivity contribution < 1.29 is 4.79 Å². The number of carbonyl (C=O) groups is 1. The number of benzene rings is 1. The van der Waals surface area contributed by atoms with Gasteiger partial charge >= 0.3 is 0 Å². The van der Waals surface area contributed by atoms with E-state index in [4.69, 9.17) is 0 Å². The highest BCUT2D eigenvalue weighted by molar-refractivity contribution is 6.04. The minimum atomic E-state index is -0.212. The van der Waals surface area contributed by atoms with E-state index >= 15 is 0 Å². The van der Waals surface area contributed by atoms with Gasteiger partial charge in [0.2, 0.25) is 0 Å². The number of pyridine rings is 1. The Bertz CT molecular complexity index is 1020. The van der Waals surface area contributed by atoms with Gasteiger partial charge in [0.15, 0.2) is 0 Å². The Balaban J connectivity index is 1.56. The summed E-state index contributed by atoms with van der Waals surface area (Å²) >= 11 is 0. The Kier molecular flexibility index (Phi) is 4.27. The number of aryl methyl sites for hydroxylation is 1. The Hall–Kier alpha value is -3.34. The molecule has 0 radical (unpaired) electrons. The monoisotopic (exact) mass is 344 g/mol. The molecule has 26 heavy (non-hydrogen) atoms. The minimum Gasteiger partial charge on any atom is -0.361 e. The lowest BCUT2D eigenvalue weighted by atomic mass is 10.1. The molecule has 130 valence electrons. The van der Waals surface area contributed by atoms with Crippen LogP contribution in [0.5, 0.6) is 0 Å². The fourth-order valence-electron chi connectivity index (χ4n) is 3.12. The molecule has 4 rings (SSSR count). The number of allylic oxidation sites excluding steroid dienone is 2. The topological polar surface area (TPSA) is 61.0 Å². The summed E-state index contributed by atoms with van der Waals surface area (Å²) < 4.78 is 0. The van der Waals surface area contributed by atoms with Crippen molar-refractivity contribution in [2.75, 3.05) is 16.8 Å². The minimum absolute atomic E-state index is 0.212. The largest absolute Gasteiger partial charge is 0.361 e. The molecule has 3 heterocycles. The van der Waals surface area contributed by atoms with E-state index in [1.54, 1.807) is 6.20 Å². The Morgan fingerprint density at radius 3 is 3.00 bits per heavy atom. The predicted octanol–water partition coefficient (Wildman–Crippen LogP) is 4.27. The first-order valence-electron chi connectivity index (χ1n) is 8.72. The van der Waals surface area contributed by atoms with E-state index in [-0.39, 0.29) is 5.91 Å². The van der Waals surface area contributed by atoms with Gasteiger partial charge in [0.1, 0.15) is 5.69 Å². The summed E-state index contributed by atoms with van der Waals surface area (Å²) in [6.07, 6.45) is 12.7. The summed E-state index contributed by atoms with van der Waals surface area (Å²) in [6, 6.07) is 9.60. The summed E-state index contributed by atoms with van der Waals surface area (Å²) in [5.41, 5.74) is 4.42. The van der Waals surface area contributed by atoms with Crippen molar-refractivity contribution in [2.45, 2.75) is 13.3 Å². The third-order valence-corrected chi connectivity index (χ3v) is 4.53. The van der Waals surface area contributed by atoms with Crippen LogP contribution in [0.25, 0.3) is 10.9 Å². The summed E-state index contributed by atoms with van der Waals surface area (Å²) in [5, 5.41) is 4.09. The van der Waals surface area contributed by atoms with Crippen LogP contribution in [0.3, 0.4) is 0 Å². The number of rotatable bonds is 4. The van der Waals surface area contributed by atoms with Crippen LogP contribution in [0, 0.1) is 0 Å². The molecule has 1 aromatic carbocycles. The van der Waals surface area contributed by atoms with Crippen LogP contribution in [0.15, 0.2) is 67.2 Å². The van der Waals surface area contributed by atoms with Crippen LogP contribution in [-0.2, 0) is 6.42 Å². The molecule has 0 unspecified atom stereocenters. The maximum atomic E-state index is 12.6. The van der Waals surface area contributed by atoms with Crippen LogP contribution in [0.1, 0.15) is 23.0 Å². The third-order valence-electron chi connectivity index (χ3n) is 4.53. The van der Waals surface area contributed by atoms with Gasteiger partial charge in [-0.25, -0.2) is 0 Å². The van der Waals surface area contributed by atoms with E-state index in [9.17, 15) is 4.79 Å². The first kappa shape index (κ1) is 16.1. The SMILES string of the molecule is CCc1c[nH]c2ccc(NC(=O)c3cc(N4C=CC=CC4)ccn3)cc12. The van der Waals surface area contributed by atoms with Gasteiger partial charge in [-0.15, -0.1) is 0 Å². The van der Waals surface area contributed by atoms with Crippen molar-refractivity contribution in [1.29, 1.82) is 0 Å². The van der Waals surface area contributed by atoms with Gasteiger partial charge in [-0.05, 0) is 48.4 Å². The number of H-pyrrole nitrogens is 1. The Morgan fingerprint density at radius 2 is 2.19 bits per heavy atom. The third kappa shape index (κ3) is 3.11. The van der Waals surface area contributed by atoms with Crippen molar-refractivity contribution in [3.63, 3.8) is 0 Å². The maximum absolute atomic E-state index is 12.6. The summed E-state index contributed by atoms with van der Waals surface area (Å²) in [6.45, 7) is 2.90. The zero-order chi connectivity index (χ0) is 17.9. The molecular formula is C21H20N4O. The standard InChI is InChI=1S/C21H20N4O/c1-2-15-14-23-19-7-6-16(12-18(15)19)24-21(26)20-13-17(8-9-22-20)25-10-4-3-5-11-25/h3-10,12-14,23H,2,11H2,1H3,(H,24,26). The first-order valence-corrected chi connectivity index (χ1v) is 8.72. The van der Waals surface area contributed by atoms with Crippen molar-refractivity contribution in [2.24, 2.45) is 0 Å². The molecule has 0 fully saturated rings. The van der Waals surface area contributed by atoms with Crippen LogP contribution in [0.4, 0.5) is 11.4 Å². The number of nitrogens with one attached hydrogen (secondary N) is 2. The van der Waals surface area contributed by atoms with Crippen LogP contribution in [0.2, 0.25) is 0 Å². The molecule has 0 atom stereocenters. The molecule has 0 aliphatic carbocycles.